The van der Waals surface area contributed by atoms with Crippen molar-refractivity contribution in [1.82, 2.24) is 4.90 Å². The van der Waals surface area contributed by atoms with Crippen molar-refractivity contribution in [3.63, 3.8) is 0 Å². The fourth-order valence-corrected chi connectivity index (χ4v) is 4.22. The Labute approximate surface area is 132 Å². The summed E-state index contributed by atoms with van der Waals surface area (Å²) in [6, 6.07) is 6.61. The Hall–Kier alpha value is -1.13. The Morgan fingerprint density at radius 1 is 1.33 bits per heavy atom. The number of halogens is 2. The van der Waals surface area contributed by atoms with Gasteiger partial charge in [0.25, 0.3) is 5.91 Å². The van der Waals surface area contributed by atoms with Gasteiger partial charge in [-0.3, -0.25) is 4.79 Å². The fourth-order valence-electron chi connectivity index (χ4n) is 2.86. The first-order chi connectivity index (χ1) is 10.2. The van der Waals surface area contributed by atoms with Gasteiger partial charge >= 0.3 is 0 Å². The summed E-state index contributed by atoms with van der Waals surface area (Å²) in [5.41, 5.74) is 0. The van der Waals surface area contributed by atoms with Gasteiger partial charge in [0.1, 0.15) is 5.82 Å². The molecular formula is C16H17ClFNOS. The summed E-state index contributed by atoms with van der Waals surface area (Å²) in [5.74, 6) is 0.242. The number of carbonyl (C=O) groups excluding carboxylic acids is 1. The van der Waals surface area contributed by atoms with Gasteiger partial charge in [-0.1, -0.05) is 18.9 Å². The standard InChI is InChI=1S/C16H17ClFNOS/c17-10-13-4-2-1-3-7-19(13)16(20)15-8-11-5-6-12(18)9-14(11)21-15/h5-6,8-9,13H,1-4,7,10H2. The summed E-state index contributed by atoms with van der Waals surface area (Å²) < 4.78 is 14.1. The maximum atomic E-state index is 13.3. The molecule has 0 spiro atoms. The highest BCUT2D eigenvalue weighted by Gasteiger charge is 2.26. The van der Waals surface area contributed by atoms with Crippen molar-refractivity contribution in [3.05, 3.63) is 35.0 Å². The molecule has 0 bridgehead atoms. The Kier molecular flexibility index (Phi) is 4.45. The first-order valence-electron chi connectivity index (χ1n) is 7.25. The Bertz CT molecular complexity index is 657. The third-order valence-corrected chi connectivity index (χ3v) is 5.45. The van der Waals surface area contributed by atoms with Crippen LogP contribution < -0.4 is 0 Å². The normalized spacial score (nSPS) is 19.7. The van der Waals surface area contributed by atoms with Crippen molar-refractivity contribution in [1.29, 1.82) is 0 Å². The van der Waals surface area contributed by atoms with Crippen LogP contribution >= 0.6 is 22.9 Å². The van der Waals surface area contributed by atoms with Crippen molar-refractivity contribution in [2.45, 2.75) is 31.7 Å². The van der Waals surface area contributed by atoms with Gasteiger partial charge in [0.2, 0.25) is 0 Å². The lowest BCUT2D eigenvalue weighted by Crippen LogP contribution is -2.40. The molecule has 1 unspecified atom stereocenters. The van der Waals surface area contributed by atoms with E-state index >= 15 is 0 Å². The quantitative estimate of drug-likeness (QED) is 0.735. The molecule has 1 aliphatic rings. The summed E-state index contributed by atoms with van der Waals surface area (Å²) >= 11 is 7.40. The van der Waals surface area contributed by atoms with Crippen LogP contribution in [0.3, 0.4) is 0 Å². The summed E-state index contributed by atoms with van der Waals surface area (Å²) in [7, 11) is 0. The van der Waals surface area contributed by atoms with E-state index in [0.717, 1.165) is 42.3 Å². The van der Waals surface area contributed by atoms with Gasteiger partial charge in [0.15, 0.2) is 0 Å². The topological polar surface area (TPSA) is 20.3 Å². The third-order valence-electron chi connectivity index (χ3n) is 4.01. The van der Waals surface area contributed by atoms with E-state index in [2.05, 4.69) is 0 Å². The molecule has 0 aliphatic carbocycles. The Morgan fingerprint density at radius 2 is 2.19 bits per heavy atom. The van der Waals surface area contributed by atoms with Gasteiger partial charge < -0.3 is 4.90 Å². The molecule has 2 heterocycles. The molecule has 1 amide bonds. The molecule has 1 fully saturated rings. The summed E-state index contributed by atoms with van der Waals surface area (Å²) in [6.07, 6.45) is 4.26. The average molecular weight is 326 g/mol. The molecule has 1 saturated heterocycles. The highest BCUT2D eigenvalue weighted by atomic mass is 35.5. The van der Waals surface area contributed by atoms with E-state index in [9.17, 15) is 9.18 Å². The zero-order chi connectivity index (χ0) is 14.8. The predicted octanol–water partition coefficient (Wildman–Crippen LogP) is 4.66. The van der Waals surface area contributed by atoms with E-state index in [0.29, 0.717) is 10.8 Å². The molecule has 3 rings (SSSR count). The first-order valence-corrected chi connectivity index (χ1v) is 8.60. The molecule has 2 aromatic rings. The predicted molar refractivity (Wildman–Crippen MR) is 85.8 cm³/mol. The van der Waals surface area contributed by atoms with E-state index < -0.39 is 0 Å². The van der Waals surface area contributed by atoms with Gasteiger partial charge in [-0.15, -0.1) is 22.9 Å². The lowest BCUT2D eigenvalue weighted by Gasteiger charge is -2.28. The minimum Gasteiger partial charge on any atom is -0.334 e. The minimum absolute atomic E-state index is 0.0316. The summed E-state index contributed by atoms with van der Waals surface area (Å²) in [5, 5.41) is 0.919. The van der Waals surface area contributed by atoms with E-state index in [1.807, 2.05) is 11.0 Å². The van der Waals surface area contributed by atoms with Crippen molar-refractivity contribution >= 4 is 38.9 Å². The summed E-state index contributed by atoms with van der Waals surface area (Å²) in [4.78, 5) is 15.3. The maximum Gasteiger partial charge on any atom is 0.264 e. The van der Waals surface area contributed by atoms with Crippen LogP contribution in [0.1, 0.15) is 35.4 Å². The number of amides is 1. The zero-order valence-electron chi connectivity index (χ0n) is 11.6. The molecule has 1 atom stereocenters. The smallest absolute Gasteiger partial charge is 0.264 e. The van der Waals surface area contributed by atoms with Crippen LogP contribution in [0.5, 0.6) is 0 Å². The van der Waals surface area contributed by atoms with Crippen molar-refractivity contribution in [2.24, 2.45) is 0 Å². The molecule has 1 aromatic carbocycles. The number of nitrogens with zero attached hydrogens (tertiary/aromatic N) is 1. The monoisotopic (exact) mass is 325 g/mol. The number of hydrogen-bond donors (Lipinski definition) is 0. The highest BCUT2D eigenvalue weighted by Crippen LogP contribution is 2.29. The number of thiophene rings is 1. The third kappa shape index (κ3) is 3.06. The molecule has 21 heavy (non-hydrogen) atoms. The zero-order valence-corrected chi connectivity index (χ0v) is 13.2. The largest absolute Gasteiger partial charge is 0.334 e. The molecule has 0 N–H and O–H groups in total. The van der Waals surface area contributed by atoms with Gasteiger partial charge in [-0.25, -0.2) is 4.39 Å². The molecule has 1 aliphatic heterocycles. The van der Waals surface area contributed by atoms with Crippen LogP contribution in [-0.4, -0.2) is 29.3 Å². The number of alkyl halides is 1. The highest BCUT2D eigenvalue weighted by molar-refractivity contribution is 7.20. The number of fused-ring (bicyclic) bond motifs is 1. The van der Waals surface area contributed by atoms with Crippen LogP contribution in [-0.2, 0) is 0 Å². The molecule has 112 valence electrons. The van der Waals surface area contributed by atoms with E-state index in [1.165, 1.54) is 23.5 Å². The minimum atomic E-state index is -0.267. The SMILES string of the molecule is O=C(c1cc2ccc(F)cc2s1)N1CCCCCC1CCl. The second-order valence-corrected chi connectivity index (χ2v) is 6.84. The molecule has 0 radical (unpaired) electrons. The van der Waals surface area contributed by atoms with E-state index in [-0.39, 0.29) is 17.8 Å². The molecular weight excluding hydrogens is 309 g/mol. The van der Waals surface area contributed by atoms with Crippen molar-refractivity contribution in [2.75, 3.05) is 12.4 Å². The summed E-state index contributed by atoms with van der Waals surface area (Å²) in [6.45, 7) is 0.763. The van der Waals surface area contributed by atoms with Crippen molar-refractivity contribution in [3.8, 4) is 0 Å². The van der Waals surface area contributed by atoms with Gasteiger partial charge in [-0.05, 0) is 36.4 Å². The number of benzene rings is 1. The second kappa shape index (κ2) is 6.32. The number of carbonyl (C=O) groups is 1. The maximum absolute atomic E-state index is 13.3. The van der Waals surface area contributed by atoms with Crippen LogP contribution in [0, 0.1) is 5.82 Å². The number of hydrogen-bond acceptors (Lipinski definition) is 2. The van der Waals surface area contributed by atoms with Gasteiger partial charge in [-0.2, -0.15) is 0 Å². The molecule has 2 nitrogen and oxygen atoms in total. The molecule has 1 aromatic heterocycles. The lowest BCUT2D eigenvalue weighted by atomic mass is 10.1. The van der Waals surface area contributed by atoms with E-state index in [1.54, 1.807) is 6.07 Å². The van der Waals surface area contributed by atoms with Crippen molar-refractivity contribution < 1.29 is 9.18 Å². The Balaban J connectivity index is 1.90. The van der Waals surface area contributed by atoms with Crippen LogP contribution in [0.2, 0.25) is 0 Å². The number of rotatable bonds is 2. The van der Waals surface area contributed by atoms with E-state index in [4.69, 9.17) is 11.6 Å². The van der Waals surface area contributed by atoms with Crippen LogP contribution in [0.15, 0.2) is 24.3 Å². The molecule has 5 heteroatoms. The fraction of sp³-hybridized carbons (Fsp3) is 0.438. The van der Waals surface area contributed by atoms with Crippen LogP contribution in [0.4, 0.5) is 4.39 Å². The number of likely N-dealkylation sites (tertiary alicyclic amines) is 1. The van der Waals surface area contributed by atoms with Gasteiger partial charge in [0, 0.05) is 23.2 Å². The van der Waals surface area contributed by atoms with Crippen LogP contribution in [0.25, 0.3) is 10.1 Å². The van der Waals surface area contributed by atoms with Gasteiger partial charge in [0.05, 0.1) is 4.88 Å². The lowest BCUT2D eigenvalue weighted by molar-refractivity contribution is 0.0705. The first kappa shape index (κ1) is 14.8. The second-order valence-electron chi connectivity index (χ2n) is 5.45. The molecule has 0 saturated carbocycles. The average Bonchev–Trinajstić information content (AvgIpc) is 2.75. The Morgan fingerprint density at radius 3 is 3.00 bits per heavy atom.